The third-order valence-corrected chi connectivity index (χ3v) is 4.76. The zero-order chi connectivity index (χ0) is 16.6. The van der Waals surface area contributed by atoms with Crippen molar-refractivity contribution >= 4 is 0 Å². The van der Waals surface area contributed by atoms with Gasteiger partial charge in [-0.1, -0.05) is 0 Å². The number of rotatable bonds is 5. The van der Waals surface area contributed by atoms with Crippen LogP contribution in [0.25, 0.3) is 0 Å². The van der Waals surface area contributed by atoms with Gasteiger partial charge in [-0.3, -0.25) is 14.5 Å². The van der Waals surface area contributed by atoms with Crippen molar-refractivity contribution in [1.29, 1.82) is 0 Å². The fourth-order valence-electron chi connectivity index (χ4n) is 3.95. The molecular weight excluding hydrogens is 292 g/mol. The maximum Gasteiger partial charge on any atom is 0.0793 e. The Balaban J connectivity index is 1.42. The molecule has 1 aromatic heterocycles. The highest BCUT2D eigenvalue weighted by molar-refractivity contribution is 5.09. The monoisotopic (exact) mass is 322 g/mol. The molecule has 0 radical (unpaired) electrons. The largest absolute Gasteiger partial charge is 0.390 e. The number of hydrogen-bond acceptors (Lipinski definition) is 5. The molecule has 2 aliphatic rings. The Morgan fingerprint density at radius 3 is 2.22 bits per heavy atom. The van der Waals surface area contributed by atoms with Crippen LogP contribution in [0.1, 0.15) is 31.3 Å². The molecule has 1 N–H and O–H groups in total. The second-order valence-corrected chi connectivity index (χ2v) is 7.37. The van der Waals surface area contributed by atoms with Crippen LogP contribution in [0.2, 0.25) is 0 Å². The van der Waals surface area contributed by atoms with Crippen molar-refractivity contribution in [3.05, 3.63) is 17.5 Å². The molecule has 6 heteroatoms. The van der Waals surface area contributed by atoms with E-state index in [0.29, 0.717) is 6.04 Å². The number of aliphatic hydroxyl groups is 1. The van der Waals surface area contributed by atoms with Crippen molar-refractivity contribution in [1.82, 2.24) is 19.6 Å². The highest BCUT2D eigenvalue weighted by atomic mass is 16.5. The lowest BCUT2D eigenvalue weighted by Gasteiger charge is -2.42. The first-order chi connectivity index (χ1) is 10.9. The number of β-amino-alcohol motifs (C(OH)–C–C–N with tert-alkyl or cyclic N) is 1. The Morgan fingerprint density at radius 2 is 1.70 bits per heavy atom. The van der Waals surface area contributed by atoms with E-state index < -0.39 is 0 Å². The molecule has 0 aromatic carbocycles. The summed E-state index contributed by atoms with van der Waals surface area (Å²) in [5.41, 5.74) is 2.31. The van der Waals surface area contributed by atoms with Gasteiger partial charge in [-0.2, -0.15) is 5.10 Å². The maximum atomic E-state index is 10.4. The van der Waals surface area contributed by atoms with E-state index in [9.17, 15) is 5.11 Å². The van der Waals surface area contributed by atoms with Crippen LogP contribution in [0, 0.1) is 13.8 Å². The first-order valence-corrected chi connectivity index (χ1v) is 8.71. The smallest absolute Gasteiger partial charge is 0.0793 e. The molecule has 2 fully saturated rings. The summed E-state index contributed by atoms with van der Waals surface area (Å²) in [4.78, 5) is 4.64. The van der Waals surface area contributed by atoms with Gasteiger partial charge in [-0.15, -0.1) is 0 Å². The standard InChI is InChI=1S/C17H30N4O2/c1-12-5-13(2)21(18-12)16-8-20(9-16)11-17(22)10-19-6-14(3)23-15(4)7-19/h5,14-17,22H,6-11H2,1-4H3/t14-,15-,17+/m0/s1. The summed E-state index contributed by atoms with van der Waals surface area (Å²) in [6.07, 6.45) is 0.213. The molecule has 3 atom stereocenters. The molecule has 23 heavy (non-hydrogen) atoms. The minimum atomic E-state index is -0.297. The van der Waals surface area contributed by atoms with Crippen molar-refractivity contribution in [2.24, 2.45) is 0 Å². The zero-order valence-electron chi connectivity index (χ0n) is 14.8. The Kier molecular flexibility index (Phi) is 5.06. The lowest BCUT2D eigenvalue weighted by Crippen LogP contribution is -2.54. The Labute approximate surface area is 139 Å². The van der Waals surface area contributed by atoms with Gasteiger partial charge in [0.05, 0.1) is 30.0 Å². The molecule has 3 heterocycles. The fourth-order valence-corrected chi connectivity index (χ4v) is 3.95. The van der Waals surface area contributed by atoms with E-state index in [1.165, 1.54) is 5.69 Å². The van der Waals surface area contributed by atoms with Gasteiger partial charge in [0.2, 0.25) is 0 Å². The zero-order valence-corrected chi connectivity index (χ0v) is 14.8. The van der Waals surface area contributed by atoms with E-state index in [1.807, 2.05) is 6.92 Å². The van der Waals surface area contributed by atoms with Gasteiger partial charge in [-0.25, -0.2) is 0 Å². The van der Waals surface area contributed by atoms with Crippen LogP contribution >= 0.6 is 0 Å². The van der Waals surface area contributed by atoms with Crippen LogP contribution < -0.4 is 0 Å². The first kappa shape index (κ1) is 16.9. The van der Waals surface area contributed by atoms with E-state index in [4.69, 9.17) is 4.74 Å². The normalized spacial score (nSPS) is 28.7. The maximum absolute atomic E-state index is 10.4. The van der Waals surface area contributed by atoms with Crippen LogP contribution in [0.3, 0.4) is 0 Å². The molecule has 1 aromatic rings. The minimum Gasteiger partial charge on any atom is -0.390 e. The second-order valence-electron chi connectivity index (χ2n) is 7.37. The highest BCUT2D eigenvalue weighted by Gasteiger charge is 2.32. The number of aromatic nitrogens is 2. The molecule has 130 valence electrons. The number of hydrogen-bond donors (Lipinski definition) is 1. The number of morpholine rings is 1. The Hall–Kier alpha value is -0.950. The van der Waals surface area contributed by atoms with Gasteiger partial charge in [0.1, 0.15) is 0 Å². The summed E-state index contributed by atoms with van der Waals surface area (Å²) in [5, 5.41) is 14.9. The van der Waals surface area contributed by atoms with Crippen molar-refractivity contribution in [2.75, 3.05) is 39.3 Å². The third-order valence-electron chi connectivity index (χ3n) is 4.76. The summed E-state index contributed by atoms with van der Waals surface area (Å²) in [5.74, 6) is 0. The lowest BCUT2D eigenvalue weighted by atomic mass is 10.1. The Morgan fingerprint density at radius 1 is 1.13 bits per heavy atom. The summed E-state index contributed by atoms with van der Waals surface area (Å²) in [6.45, 7) is 13.6. The topological polar surface area (TPSA) is 53.8 Å². The summed E-state index contributed by atoms with van der Waals surface area (Å²) in [7, 11) is 0. The molecule has 0 saturated carbocycles. The van der Waals surface area contributed by atoms with Gasteiger partial charge in [-0.05, 0) is 33.8 Å². The molecule has 0 amide bonds. The third kappa shape index (κ3) is 4.12. The molecule has 0 aliphatic carbocycles. The van der Waals surface area contributed by atoms with E-state index in [-0.39, 0.29) is 18.3 Å². The van der Waals surface area contributed by atoms with E-state index in [0.717, 1.165) is 45.0 Å². The van der Waals surface area contributed by atoms with Gasteiger partial charge in [0.15, 0.2) is 0 Å². The number of ether oxygens (including phenoxy) is 1. The van der Waals surface area contributed by atoms with Crippen molar-refractivity contribution in [2.45, 2.75) is 52.0 Å². The number of aryl methyl sites for hydroxylation is 2. The molecular formula is C17H30N4O2. The minimum absolute atomic E-state index is 0.255. The predicted molar refractivity (Wildman–Crippen MR) is 89.6 cm³/mol. The van der Waals surface area contributed by atoms with Crippen LogP contribution in [-0.4, -0.2) is 82.3 Å². The van der Waals surface area contributed by atoms with Crippen LogP contribution in [0.15, 0.2) is 6.07 Å². The molecule has 0 spiro atoms. The fraction of sp³-hybridized carbons (Fsp3) is 0.824. The predicted octanol–water partition coefficient (Wildman–Crippen LogP) is 0.827. The van der Waals surface area contributed by atoms with Crippen molar-refractivity contribution < 1.29 is 9.84 Å². The second kappa shape index (κ2) is 6.89. The van der Waals surface area contributed by atoms with Crippen molar-refractivity contribution in [3.63, 3.8) is 0 Å². The molecule has 0 unspecified atom stereocenters. The quantitative estimate of drug-likeness (QED) is 0.870. The van der Waals surface area contributed by atoms with Crippen LogP contribution in [0.4, 0.5) is 0 Å². The summed E-state index contributed by atoms with van der Waals surface area (Å²) < 4.78 is 7.87. The average molecular weight is 322 g/mol. The highest BCUT2D eigenvalue weighted by Crippen LogP contribution is 2.23. The number of nitrogens with zero attached hydrogens (tertiary/aromatic N) is 4. The van der Waals surface area contributed by atoms with Gasteiger partial charge < -0.3 is 9.84 Å². The molecule has 2 aliphatic heterocycles. The van der Waals surface area contributed by atoms with Gasteiger partial charge in [0, 0.05) is 45.0 Å². The lowest BCUT2D eigenvalue weighted by molar-refractivity contribution is -0.0798. The van der Waals surface area contributed by atoms with E-state index in [2.05, 4.69) is 46.4 Å². The summed E-state index contributed by atoms with van der Waals surface area (Å²) in [6, 6.07) is 2.58. The molecule has 6 nitrogen and oxygen atoms in total. The van der Waals surface area contributed by atoms with E-state index in [1.54, 1.807) is 0 Å². The van der Waals surface area contributed by atoms with Crippen molar-refractivity contribution in [3.8, 4) is 0 Å². The van der Waals surface area contributed by atoms with Crippen LogP contribution in [0.5, 0.6) is 0 Å². The Bertz CT molecular complexity index is 517. The average Bonchev–Trinajstić information content (AvgIpc) is 2.70. The molecule has 0 bridgehead atoms. The molecule has 2 saturated heterocycles. The summed E-state index contributed by atoms with van der Waals surface area (Å²) >= 11 is 0. The van der Waals surface area contributed by atoms with Gasteiger partial charge in [0.25, 0.3) is 0 Å². The number of aliphatic hydroxyl groups excluding tert-OH is 1. The first-order valence-electron chi connectivity index (χ1n) is 8.71. The van der Waals surface area contributed by atoms with Gasteiger partial charge >= 0.3 is 0 Å². The van der Waals surface area contributed by atoms with Crippen LogP contribution in [-0.2, 0) is 4.74 Å². The van der Waals surface area contributed by atoms with E-state index >= 15 is 0 Å². The number of likely N-dealkylation sites (tertiary alicyclic amines) is 1. The molecule has 3 rings (SSSR count). The SMILES string of the molecule is Cc1cc(C)n(C2CN(C[C@H](O)CN3C[C@H](C)O[C@@H](C)C3)C2)n1.